The van der Waals surface area contributed by atoms with E-state index in [4.69, 9.17) is 9.47 Å². The minimum absolute atomic E-state index is 0.287. The van der Waals surface area contributed by atoms with E-state index < -0.39 is 17.4 Å². The summed E-state index contributed by atoms with van der Waals surface area (Å²) in [6.07, 6.45) is 1.21. The lowest BCUT2D eigenvalue weighted by molar-refractivity contribution is -0.141. The average molecular weight is 228 g/mol. The summed E-state index contributed by atoms with van der Waals surface area (Å²) in [4.78, 5) is 22.9. The molecule has 4 nitrogen and oxygen atoms in total. The van der Waals surface area contributed by atoms with Crippen LogP contribution in [0.15, 0.2) is 11.6 Å². The van der Waals surface area contributed by atoms with Gasteiger partial charge in [0.05, 0.1) is 13.2 Å². The molecule has 0 aromatic carbocycles. The van der Waals surface area contributed by atoms with Crippen molar-refractivity contribution in [2.75, 3.05) is 13.2 Å². The van der Waals surface area contributed by atoms with Gasteiger partial charge in [-0.3, -0.25) is 0 Å². The Balaban J connectivity index is 4.95. The molecule has 0 N–H and O–H groups in total. The molecule has 0 aliphatic carbocycles. The van der Waals surface area contributed by atoms with Crippen molar-refractivity contribution in [3.05, 3.63) is 11.6 Å². The molecule has 0 aliphatic rings. The molecule has 4 heteroatoms. The molecular weight excluding hydrogens is 208 g/mol. The monoisotopic (exact) mass is 228 g/mol. The van der Waals surface area contributed by atoms with Crippen LogP contribution in [0.1, 0.15) is 34.6 Å². The van der Waals surface area contributed by atoms with E-state index in [1.165, 1.54) is 6.08 Å². The first-order valence-electron chi connectivity index (χ1n) is 5.39. The molecule has 0 atom stereocenters. The second-order valence-electron chi connectivity index (χ2n) is 4.28. The molecule has 0 heterocycles. The van der Waals surface area contributed by atoms with Crippen molar-refractivity contribution in [3.8, 4) is 0 Å². The van der Waals surface area contributed by atoms with Crippen LogP contribution in [0.25, 0.3) is 0 Å². The van der Waals surface area contributed by atoms with Crippen LogP contribution in [0, 0.1) is 5.41 Å². The summed E-state index contributed by atoms with van der Waals surface area (Å²) in [7, 11) is 0. The SMILES string of the molecule is CCOC(=O)/C=C(/C(=O)OCC)C(C)(C)C. The van der Waals surface area contributed by atoms with Crippen molar-refractivity contribution in [1.82, 2.24) is 0 Å². The maximum atomic E-state index is 11.6. The van der Waals surface area contributed by atoms with Gasteiger partial charge in [0.2, 0.25) is 0 Å². The van der Waals surface area contributed by atoms with E-state index in [1.807, 2.05) is 20.8 Å². The largest absolute Gasteiger partial charge is 0.463 e. The van der Waals surface area contributed by atoms with E-state index in [0.717, 1.165) is 0 Å². The highest BCUT2D eigenvalue weighted by Gasteiger charge is 2.26. The molecule has 0 aliphatic heterocycles. The predicted molar refractivity (Wildman–Crippen MR) is 60.8 cm³/mol. The first-order valence-corrected chi connectivity index (χ1v) is 5.39. The fourth-order valence-electron chi connectivity index (χ4n) is 1.09. The summed E-state index contributed by atoms with van der Waals surface area (Å²) >= 11 is 0. The highest BCUT2D eigenvalue weighted by molar-refractivity contribution is 5.97. The van der Waals surface area contributed by atoms with E-state index in [-0.39, 0.29) is 13.2 Å². The molecule has 0 unspecified atom stereocenters. The van der Waals surface area contributed by atoms with E-state index >= 15 is 0 Å². The number of rotatable bonds is 4. The third-order valence-corrected chi connectivity index (χ3v) is 1.85. The minimum Gasteiger partial charge on any atom is -0.463 e. The lowest BCUT2D eigenvalue weighted by Gasteiger charge is -2.20. The zero-order valence-electron chi connectivity index (χ0n) is 10.6. The number of esters is 2. The lowest BCUT2D eigenvalue weighted by Crippen LogP contribution is -2.22. The molecule has 0 fully saturated rings. The van der Waals surface area contributed by atoms with Gasteiger partial charge in [-0.15, -0.1) is 0 Å². The van der Waals surface area contributed by atoms with E-state index in [1.54, 1.807) is 13.8 Å². The van der Waals surface area contributed by atoms with Gasteiger partial charge >= 0.3 is 11.9 Å². The van der Waals surface area contributed by atoms with Gasteiger partial charge in [0, 0.05) is 11.6 Å². The topological polar surface area (TPSA) is 52.6 Å². The molecule has 0 aromatic heterocycles. The van der Waals surface area contributed by atoms with Crippen LogP contribution in [0.4, 0.5) is 0 Å². The number of ether oxygens (including phenoxy) is 2. The van der Waals surface area contributed by atoms with Crippen LogP contribution < -0.4 is 0 Å². The van der Waals surface area contributed by atoms with Gasteiger partial charge < -0.3 is 9.47 Å². The van der Waals surface area contributed by atoms with E-state index in [0.29, 0.717) is 5.57 Å². The van der Waals surface area contributed by atoms with E-state index in [2.05, 4.69) is 0 Å². The van der Waals surface area contributed by atoms with Crippen molar-refractivity contribution in [1.29, 1.82) is 0 Å². The third kappa shape index (κ3) is 4.96. The van der Waals surface area contributed by atoms with Crippen LogP contribution in [-0.2, 0) is 19.1 Å². The molecule has 0 saturated heterocycles. The van der Waals surface area contributed by atoms with Gasteiger partial charge in [-0.05, 0) is 19.3 Å². The van der Waals surface area contributed by atoms with Crippen molar-refractivity contribution in [3.63, 3.8) is 0 Å². The van der Waals surface area contributed by atoms with Crippen LogP contribution in [0.3, 0.4) is 0 Å². The Morgan fingerprint density at radius 1 is 1.06 bits per heavy atom. The third-order valence-electron chi connectivity index (χ3n) is 1.85. The van der Waals surface area contributed by atoms with Crippen molar-refractivity contribution < 1.29 is 19.1 Å². The molecule has 0 saturated carbocycles. The fourth-order valence-corrected chi connectivity index (χ4v) is 1.09. The average Bonchev–Trinajstić information content (AvgIpc) is 2.13. The molecule has 0 amide bonds. The number of hydrogen-bond donors (Lipinski definition) is 0. The quantitative estimate of drug-likeness (QED) is 0.546. The summed E-state index contributed by atoms with van der Waals surface area (Å²) in [6, 6.07) is 0. The Morgan fingerprint density at radius 2 is 1.56 bits per heavy atom. The first kappa shape index (κ1) is 14.7. The van der Waals surface area contributed by atoms with Gasteiger partial charge in [0.1, 0.15) is 0 Å². The van der Waals surface area contributed by atoms with Crippen LogP contribution in [0.5, 0.6) is 0 Å². The van der Waals surface area contributed by atoms with Crippen molar-refractivity contribution >= 4 is 11.9 Å². The molecule has 0 rings (SSSR count). The summed E-state index contributed by atoms with van der Waals surface area (Å²) in [5, 5.41) is 0. The predicted octanol–water partition coefficient (Wildman–Crippen LogP) is 2.09. The van der Waals surface area contributed by atoms with Gasteiger partial charge in [-0.25, -0.2) is 9.59 Å². The minimum atomic E-state index is -0.513. The summed E-state index contributed by atoms with van der Waals surface area (Å²) in [6.45, 7) is 9.54. The van der Waals surface area contributed by atoms with Crippen LogP contribution in [-0.4, -0.2) is 25.2 Å². The zero-order valence-corrected chi connectivity index (χ0v) is 10.6. The second-order valence-corrected chi connectivity index (χ2v) is 4.28. The zero-order chi connectivity index (χ0) is 12.8. The molecule has 92 valence electrons. The smallest absolute Gasteiger partial charge is 0.334 e. The Morgan fingerprint density at radius 3 is 1.94 bits per heavy atom. The summed E-state index contributed by atoms with van der Waals surface area (Å²) < 4.78 is 9.67. The van der Waals surface area contributed by atoms with Gasteiger partial charge in [0.25, 0.3) is 0 Å². The Hall–Kier alpha value is -1.32. The van der Waals surface area contributed by atoms with Gasteiger partial charge in [-0.2, -0.15) is 0 Å². The normalized spacial score (nSPS) is 12.2. The van der Waals surface area contributed by atoms with Crippen LogP contribution in [0.2, 0.25) is 0 Å². The molecule has 0 spiro atoms. The Kier molecular flexibility index (Phi) is 5.78. The number of carbonyl (C=O) groups is 2. The lowest BCUT2D eigenvalue weighted by atomic mass is 9.86. The highest BCUT2D eigenvalue weighted by Crippen LogP contribution is 2.26. The van der Waals surface area contributed by atoms with Crippen LogP contribution >= 0.6 is 0 Å². The van der Waals surface area contributed by atoms with Crippen molar-refractivity contribution in [2.45, 2.75) is 34.6 Å². The summed E-state index contributed by atoms with van der Waals surface area (Å²) in [5.41, 5.74) is -0.119. The molecule has 0 radical (unpaired) electrons. The maximum absolute atomic E-state index is 11.6. The maximum Gasteiger partial charge on any atom is 0.334 e. The standard InChI is InChI=1S/C12H20O4/c1-6-15-10(13)8-9(12(3,4)5)11(14)16-7-2/h8H,6-7H2,1-5H3/b9-8-. The first-order chi connectivity index (χ1) is 7.32. The molecule has 0 bridgehead atoms. The Bertz CT molecular complexity index is 284. The second kappa shape index (κ2) is 6.30. The van der Waals surface area contributed by atoms with E-state index in [9.17, 15) is 9.59 Å². The van der Waals surface area contributed by atoms with Gasteiger partial charge in [-0.1, -0.05) is 20.8 Å². The molecule has 0 aromatic rings. The van der Waals surface area contributed by atoms with Gasteiger partial charge in [0.15, 0.2) is 0 Å². The number of hydrogen-bond acceptors (Lipinski definition) is 4. The Labute approximate surface area is 96.6 Å². The molecular formula is C12H20O4. The highest BCUT2D eigenvalue weighted by atomic mass is 16.5. The number of carbonyl (C=O) groups excluding carboxylic acids is 2. The summed E-state index contributed by atoms with van der Waals surface area (Å²) in [5.74, 6) is -0.983. The fraction of sp³-hybridized carbons (Fsp3) is 0.667. The van der Waals surface area contributed by atoms with Crippen molar-refractivity contribution in [2.24, 2.45) is 5.41 Å². The molecule has 16 heavy (non-hydrogen) atoms.